The summed E-state index contributed by atoms with van der Waals surface area (Å²) in [6, 6.07) is 14.3. The summed E-state index contributed by atoms with van der Waals surface area (Å²) in [5.74, 6) is 0.782. The summed E-state index contributed by atoms with van der Waals surface area (Å²) in [7, 11) is 0. The first kappa shape index (κ1) is 19.1. The number of rotatable bonds is 5. The fraction of sp³-hybridized carbons (Fsp3) is 0.190. The second kappa shape index (κ2) is 8.00. The number of benzene rings is 2. The van der Waals surface area contributed by atoms with Gasteiger partial charge in [0.1, 0.15) is 18.1 Å². The summed E-state index contributed by atoms with van der Waals surface area (Å²) in [5.41, 5.74) is 1.34. The number of hydrogen-bond donors (Lipinski definition) is 1. The number of hydrogen-bond acceptors (Lipinski definition) is 6. The Kier molecular flexibility index (Phi) is 5.26. The Labute approximate surface area is 171 Å². The normalized spacial score (nSPS) is 19.8. The van der Waals surface area contributed by atoms with Crippen LogP contribution in [0.5, 0.6) is 11.5 Å². The zero-order chi connectivity index (χ0) is 20.4. The van der Waals surface area contributed by atoms with Gasteiger partial charge in [0, 0.05) is 0 Å². The first-order chi connectivity index (χ1) is 14.0. The monoisotopic (exact) mass is 410 g/mol. The van der Waals surface area contributed by atoms with Crippen LogP contribution in [-0.4, -0.2) is 41.3 Å². The molecule has 2 aliphatic rings. The molecule has 2 aliphatic heterocycles. The topological polar surface area (TPSA) is 84.9 Å². The molecular formula is C21H18N2O5S. The van der Waals surface area contributed by atoms with Crippen molar-refractivity contribution >= 4 is 34.9 Å². The minimum absolute atomic E-state index is 0.0770. The van der Waals surface area contributed by atoms with Crippen LogP contribution in [-0.2, 0) is 4.79 Å². The van der Waals surface area contributed by atoms with Crippen LogP contribution in [0.2, 0.25) is 0 Å². The van der Waals surface area contributed by atoms with Gasteiger partial charge >= 0.3 is 0 Å². The molecule has 29 heavy (non-hydrogen) atoms. The summed E-state index contributed by atoms with van der Waals surface area (Å²) >= 11 is 0.879. The van der Waals surface area contributed by atoms with Crippen molar-refractivity contribution in [2.75, 3.05) is 13.2 Å². The van der Waals surface area contributed by atoms with Gasteiger partial charge in [0.05, 0.1) is 17.0 Å². The smallest absolute Gasteiger partial charge is 0.290 e. The molecule has 0 bridgehead atoms. The minimum atomic E-state index is -0.385. The van der Waals surface area contributed by atoms with E-state index in [4.69, 9.17) is 9.47 Å². The molecule has 2 aromatic carbocycles. The maximum atomic E-state index is 12.7. The summed E-state index contributed by atoms with van der Waals surface area (Å²) in [6.45, 7) is 2.53. The van der Waals surface area contributed by atoms with Crippen molar-refractivity contribution in [1.29, 1.82) is 0 Å². The predicted molar refractivity (Wildman–Crippen MR) is 109 cm³/mol. The molecule has 0 aromatic heterocycles. The van der Waals surface area contributed by atoms with Crippen LogP contribution in [0.4, 0.5) is 4.79 Å². The van der Waals surface area contributed by atoms with Gasteiger partial charge < -0.3 is 9.47 Å². The number of nitrogens with zero attached hydrogens (tertiary/aromatic N) is 1. The maximum absolute atomic E-state index is 12.7. The largest absolute Gasteiger partial charge is 0.492 e. The molecule has 3 amide bonds. The molecule has 4 rings (SSSR count). The quantitative estimate of drug-likeness (QED) is 0.762. The summed E-state index contributed by atoms with van der Waals surface area (Å²) in [4.78, 5) is 37.4. The zero-order valence-corrected chi connectivity index (χ0v) is 16.4. The first-order valence-corrected chi connectivity index (χ1v) is 9.87. The van der Waals surface area contributed by atoms with Crippen LogP contribution in [0.1, 0.15) is 22.8 Å². The number of carbonyl (C=O) groups is 3. The number of para-hydroxylation sites is 1. The number of fused-ring (bicyclic) bond motifs is 1. The van der Waals surface area contributed by atoms with E-state index < -0.39 is 0 Å². The van der Waals surface area contributed by atoms with Crippen molar-refractivity contribution < 1.29 is 23.9 Å². The average Bonchev–Trinajstić information content (AvgIpc) is 3.02. The Morgan fingerprint density at radius 3 is 2.62 bits per heavy atom. The number of thioether (sulfide) groups is 1. The molecule has 1 N–H and O–H groups in total. The van der Waals surface area contributed by atoms with Crippen LogP contribution >= 0.6 is 11.8 Å². The van der Waals surface area contributed by atoms with Crippen molar-refractivity contribution in [1.82, 2.24) is 10.2 Å². The van der Waals surface area contributed by atoms with E-state index in [-0.39, 0.29) is 23.3 Å². The predicted octanol–water partition coefficient (Wildman–Crippen LogP) is 3.27. The molecule has 148 valence electrons. The van der Waals surface area contributed by atoms with Crippen LogP contribution in [0, 0.1) is 0 Å². The van der Waals surface area contributed by atoms with Gasteiger partial charge in [-0.2, -0.15) is 0 Å². The van der Waals surface area contributed by atoms with Gasteiger partial charge in [-0.1, -0.05) is 24.3 Å². The highest BCUT2D eigenvalue weighted by Gasteiger charge is 2.30. The van der Waals surface area contributed by atoms with Gasteiger partial charge in [0.2, 0.25) is 0 Å². The molecule has 1 saturated heterocycles. The number of carbonyl (C=O) groups excluding carboxylic acids is 3. The Balaban J connectivity index is 1.34. The van der Waals surface area contributed by atoms with E-state index >= 15 is 0 Å². The van der Waals surface area contributed by atoms with Crippen molar-refractivity contribution in [2.24, 2.45) is 0 Å². The second-order valence-electron chi connectivity index (χ2n) is 6.48. The van der Waals surface area contributed by atoms with Crippen LogP contribution in [0.3, 0.4) is 0 Å². The van der Waals surface area contributed by atoms with E-state index in [2.05, 4.69) is 5.32 Å². The van der Waals surface area contributed by atoms with Gasteiger partial charge in [-0.05, 0) is 54.6 Å². The third-order valence-electron chi connectivity index (χ3n) is 4.54. The van der Waals surface area contributed by atoms with E-state index in [9.17, 15) is 14.4 Å². The molecule has 7 nitrogen and oxygen atoms in total. The number of amides is 3. The fourth-order valence-corrected chi connectivity index (χ4v) is 3.77. The standard InChI is InChI=1S/C21H18N2O5S/c1-13-23(20(25)16-4-2-3-5-17(16)28-13)10-11-27-15-8-6-14(7-9-15)12-18-19(24)22-21(26)29-18/h2-9,12-13H,10-11H2,1H3,(H,22,24,26). The average molecular weight is 410 g/mol. The van der Waals surface area contributed by atoms with Crippen molar-refractivity contribution in [3.8, 4) is 11.5 Å². The highest BCUT2D eigenvalue weighted by molar-refractivity contribution is 8.18. The Morgan fingerprint density at radius 2 is 1.90 bits per heavy atom. The lowest BCUT2D eigenvalue weighted by molar-refractivity contribution is -0.115. The molecule has 0 aliphatic carbocycles. The fourth-order valence-electron chi connectivity index (χ4n) is 3.09. The lowest BCUT2D eigenvalue weighted by Crippen LogP contribution is -2.47. The maximum Gasteiger partial charge on any atom is 0.290 e. The molecule has 2 aromatic rings. The summed E-state index contributed by atoms with van der Waals surface area (Å²) < 4.78 is 11.5. The van der Waals surface area contributed by atoms with E-state index in [0.29, 0.717) is 35.1 Å². The molecule has 2 heterocycles. The molecule has 0 spiro atoms. The van der Waals surface area contributed by atoms with E-state index in [1.54, 1.807) is 47.4 Å². The van der Waals surface area contributed by atoms with Gasteiger partial charge in [-0.3, -0.25) is 24.6 Å². The van der Waals surface area contributed by atoms with E-state index in [1.807, 2.05) is 19.1 Å². The molecule has 1 atom stereocenters. The minimum Gasteiger partial charge on any atom is -0.492 e. The van der Waals surface area contributed by atoms with Crippen molar-refractivity contribution in [3.63, 3.8) is 0 Å². The molecule has 1 unspecified atom stereocenters. The van der Waals surface area contributed by atoms with Gasteiger partial charge in [0.25, 0.3) is 17.1 Å². The SMILES string of the molecule is CC1Oc2ccccc2C(=O)N1CCOc1ccc(C=C2SC(=O)NC2=O)cc1. The highest BCUT2D eigenvalue weighted by atomic mass is 32.2. The van der Waals surface area contributed by atoms with Crippen LogP contribution in [0.25, 0.3) is 6.08 Å². The molecule has 8 heteroatoms. The third-order valence-corrected chi connectivity index (χ3v) is 5.35. The van der Waals surface area contributed by atoms with Crippen molar-refractivity contribution in [2.45, 2.75) is 13.2 Å². The summed E-state index contributed by atoms with van der Waals surface area (Å²) in [5, 5.41) is 1.85. The zero-order valence-electron chi connectivity index (χ0n) is 15.6. The highest BCUT2D eigenvalue weighted by Crippen LogP contribution is 2.28. The molecule has 0 radical (unpaired) electrons. The second-order valence-corrected chi connectivity index (χ2v) is 7.50. The van der Waals surface area contributed by atoms with Crippen LogP contribution < -0.4 is 14.8 Å². The third kappa shape index (κ3) is 4.12. The molecular weight excluding hydrogens is 392 g/mol. The van der Waals surface area contributed by atoms with Crippen LogP contribution in [0.15, 0.2) is 53.4 Å². The lowest BCUT2D eigenvalue weighted by Gasteiger charge is -2.34. The van der Waals surface area contributed by atoms with Gasteiger partial charge in [-0.15, -0.1) is 0 Å². The number of ether oxygens (including phenoxy) is 2. The Morgan fingerprint density at radius 1 is 1.14 bits per heavy atom. The van der Waals surface area contributed by atoms with Gasteiger partial charge in [-0.25, -0.2) is 0 Å². The number of nitrogens with one attached hydrogen (secondary N) is 1. The molecule has 1 fully saturated rings. The summed E-state index contributed by atoms with van der Waals surface area (Å²) in [6.07, 6.45) is 1.28. The number of imide groups is 1. The van der Waals surface area contributed by atoms with Gasteiger partial charge in [0.15, 0.2) is 6.23 Å². The lowest BCUT2D eigenvalue weighted by atomic mass is 10.1. The molecule has 0 saturated carbocycles. The van der Waals surface area contributed by atoms with E-state index in [0.717, 1.165) is 17.3 Å². The van der Waals surface area contributed by atoms with Crippen molar-refractivity contribution in [3.05, 3.63) is 64.6 Å². The first-order valence-electron chi connectivity index (χ1n) is 9.05. The Bertz CT molecular complexity index is 1000. The van der Waals surface area contributed by atoms with E-state index in [1.165, 1.54) is 0 Å². The Hall–Kier alpha value is -3.26.